The molecule has 1 aliphatic heterocycles. The van der Waals surface area contributed by atoms with Crippen molar-refractivity contribution in [3.8, 4) is 6.07 Å². The predicted molar refractivity (Wildman–Crippen MR) is 70.1 cm³/mol. The number of thioether (sulfide) groups is 1. The van der Waals surface area contributed by atoms with Gasteiger partial charge in [-0.3, -0.25) is 0 Å². The van der Waals surface area contributed by atoms with Crippen molar-refractivity contribution in [1.29, 1.82) is 5.26 Å². The number of halogens is 1. The molecule has 1 aliphatic rings. The van der Waals surface area contributed by atoms with Gasteiger partial charge in [-0.1, -0.05) is 11.6 Å². The number of hydrogen-bond acceptors (Lipinski definition) is 3. The van der Waals surface area contributed by atoms with E-state index in [1.807, 2.05) is 23.9 Å². The standard InChI is InChI=1S/C12H13ClN2S/c13-10-1-2-12(9(7-10)8-14)15-11-3-5-16-6-4-11/h1-2,7,11,15H,3-6H2. The fourth-order valence-electron chi connectivity index (χ4n) is 1.80. The van der Waals surface area contributed by atoms with Crippen molar-refractivity contribution in [3.05, 3.63) is 28.8 Å². The molecule has 1 aromatic carbocycles. The van der Waals surface area contributed by atoms with Gasteiger partial charge in [0.1, 0.15) is 6.07 Å². The van der Waals surface area contributed by atoms with Gasteiger partial charge in [-0.2, -0.15) is 17.0 Å². The van der Waals surface area contributed by atoms with Crippen LogP contribution in [0.5, 0.6) is 0 Å². The monoisotopic (exact) mass is 252 g/mol. The lowest BCUT2D eigenvalue weighted by molar-refractivity contribution is 0.666. The van der Waals surface area contributed by atoms with Crippen LogP contribution in [0.1, 0.15) is 18.4 Å². The largest absolute Gasteiger partial charge is 0.381 e. The Balaban J connectivity index is 2.11. The molecule has 0 amide bonds. The zero-order valence-electron chi connectivity index (χ0n) is 8.87. The molecule has 0 unspecified atom stereocenters. The molecule has 16 heavy (non-hydrogen) atoms. The maximum Gasteiger partial charge on any atom is 0.101 e. The summed E-state index contributed by atoms with van der Waals surface area (Å²) in [5.41, 5.74) is 1.54. The number of nitriles is 1. The van der Waals surface area contributed by atoms with Gasteiger partial charge in [-0.05, 0) is 42.5 Å². The number of rotatable bonds is 2. The van der Waals surface area contributed by atoms with Crippen molar-refractivity contribution in [2.45, 2.75) is 18.9 Å². The average molecular weight is 253 g/mol. The molecule has 1 heterocycles. The van der Waals surface area contributed by atoms with Crippen LogP contribution in [-0.2, 0) is 0 Å². The van der Waals surface area contributed by atoms with E-state index in [4.69, 9.17) is 16.9 Å². The normalized spacial score (nSPS) is 16.8. The van der Waals surface area contributed by atoms with Crippen molar-refractivity contribution in [1.82, 2.24) is 0 Å². The number of hydrogen-bond donors (Lipinski definition) is 1. The minimum atomic E-state index is 0.495. The summed E-state index contributed by atoms with van der Waals surface area (Å²) in [6, 6.07) is 8.09. The minimum absolute atomic E-state index is 0.495. The molecule has 2 nitrogen and oxygen atoms in total. The van der Waals surface area contributed by atoms with Gasteiger partial charge in [0, 0.05) is 11.1 Å². The smallest absolute Gasteiger partial charge is 0.101 e. The van der Waals surface area contributed by atoms with Crippen molar-refractivity contribution < 1.29 is 0 Å². The highest BCUT2D eigenvalue weighted by Crippen LogP contribution is 2.24. The van der Waals surface area contributed by atoms with Crippen LogP contribution in [-0.4, -0.2) is 17.5 Å². The van der Waals surface area contributed by atoms with E-state index in [1.165, 1.54) is 11.5 Å². The van der Waals surface area contributed by atoms with Gasteiger partial charge in [0.05, 0.1) is 11.3 Å². The lowest BCUT2D eigenvalue weighted by Crippen LogP contribution is -2.24. The molecule has 84 valence electrons. The highest BCUT2D eigenvalue weighted by atomic mass is 35.5. The average Bonchev–Trinajstić information content (AvgIpc) is 2.33. The van der Waals surface area contributed by atoms with Gasteiger partial charge in [0.15, 0.2) is 0 Å². The van der Waals surface area contributed by atoms with E-state index in [9.17, 15) is 0 Å². The third kappa shape index (κ3) is 2.84. The van der Waals surface area contributed by atoms with Gasteiger partial charge in [-0.25, -0.2) is 0 Å². The van der Waals surface area contributed by atoms with E-state index in [2.05, 4.69) is 11.4 Å². The predicted octanol–water partition coefficient (Wildman–Crippen LogP) is 3.52. The van der Waals surface area contributed by atoms with Gasteiger partial charge in [-0.15, -0.1) is 0 Å². The molecule has 1 N–H and O–H groups in total. The van der Waals surface area contributed by atoms with E-state index < -0.39 is 0 Å². The molecule has 0 saturated carbocycles. The van der Waals surface area contributed by atoms with Crippen molar-refractivity contribution >= 4 is 29.1 Å². The summed E-state index contributed by atoms with van der Waals surface area (Å²) in [4.78, 5) is 0. The number of nitrogens with zero attached hydrogens (tertiary/aromatic N) is 1. The van der Waals surface area contributed by atoms with Crippen LogP contribution in [0.3, 0.4) is 0 Å². The van der Waals surface area contributed by atoms with E-state index in [-0.39, 0.29) is 0 Å². The van der Waals surface area contributed by atoms with Crippen molar-refractivity contribution in [3.63, 3.8) is 0 Å². The van der Waals surface area contributed by atoms with Crippen molar-refractivity contribution in [2.24, 2.45) is 0 Å². The van der Waals surface area contributed by atoms with Crippen LogP contribution in [0.2, 0.25) is 5.02 Å². The van der Waals surface area contributed by atoms with Crippen molar-refractivity contribution in [2.75, 3.05) is 16.8 Å². The highest BCUT2D eigenvalue weighted by molar-refractivity contribution is 7.99. The molecular formula is C12H13ClN2S. The van der Waals surface area contributed by atoms with E-state index in [0.29, 0.717) is 16.6 Å². The Kier molecular flexibility index (Phi) is 3.98. The summed E-state index contributed by atoms with van der Waals surface area (Å²) < 4.78 is 0. The molecule has 0 aromatic heterocycles. The Morgan fingerprint density at radius 1 is 1.38 bits per heavy atom. The van der Waals surface area contributed by atoms with Gasteiger partial charge in [0.25, 0.3) is 0 Å². The van der Waals surface area contributed by atoms with Gasteiger partial charge in [0.2, 0.25) is 0 Å². The molecule has 4 heteroatoms. The lowest BCUT2D eigenvalue weighted by Gasteiger charge is -2.24. The van der Waals surface area contributed by atoms with E-state index >= 15 is 0 Å². The maximum atomic E-state index is 9.02. The summed E-state index contributed by atoms with van der Waals surface area (Å²) in [6.07, 6.45) is 2.33. The Bertz CT molecular complexity index is 408. The van der Waals surface area contributed by atoms with Crippen LogP contribution < -0.4 is 5.32 Å². The Morgan fingerprint density at radius 3 is 2.81 bits per heavy atom. The number of nitrogens with one attached hydrogen (secondary N) is 1. The first-order chi connectivity index (χ1) is 7.79. The second-order valence-corrected chi connectivity index (χ2v) is 5.49. The third-order valence-corrected chi connectivity index (χ3v) is 3.97. The summed E-state index contributed by atoms with van der Waals surface area (Å²) in [5.74, 6) is 2.40. The van der Waals surface area contributed by atoms with Crippen LogP contribution in [0, 0.1) is 11.3 Å². The summed E-state index contributed by atoms with van der Waals surface area (Å²) >= 11 is 7.85. The Morgan fingerprint density at radius 2 is 2.12 bits per heavy atom. The van der Waals surface area contributed by atoms with Crippen LogP contribution in [0.4, 0.5) is 5.69 Å². The second-order valence-electron chi connectivity index (χ2n) is 3.83. The molecular weight excluding hydrogens is 240 g/mol. The summed E-state index contributed by atoms with van der Waals surface area (Å²) in [6.45, 7) is 0. The van der Waals surface area contributed by atoms with E-state index in [0.717, 1.165) is 18.5 Å². The molecule has 0 atom stereocenters. The second kappa shape index (κ2) is 5.47. The first-order valence-electron chi connectivity index (χ1n) is 5.33. The summed E-state index contributed by atoms with van der Waals surface area (Å²) in [7, 11) is 0. The molecule has 1 fully saturated rings. The SMILES string of the molecule is N#Cc1cc(Cl)ccc1NC1CCSCC1. The molecule has 0 radical (unpaired) electrons. The lowest BCUT2D eigenvalue weighted by atomic mass is 10.1. The molecule has 0 bridgehead atoms. The minimum Gasteiger partial charge on any atom is -0.381 e. The third-order valence-electron chi connectivity index (χ3n) is 2.68. The molecule has 0 aliphatic carbocycles. The molecule has 0 spiro atoms. The quantitative estimate of drug-likeness (QED) is 0.875. The fraction of sp³-hybridized carbons (Fsp3) is 0.417. The first-order valence-corrected chi connectivity index (χ1v) is 6.87. The fourth-order valence-corrected chi connectivity index (χ4v) is 3.08. The summed E-state index contributed by atoms with van der Waals surface area (Å²) in [5, 5.41) is 13.1. The zero-order valence-corrected chi connectivity index (χ0v) is 10.4. The van der Waals surface area contributed by atoms with Gasteiger partial charge >= 0.3 is 0 Å². The zero-order chi connectivity index (χ0) is 11.4. The van der Waals surface area contributed by atoms with Crippen LogP contribution >= 0.6 is 23.4 Å². The maximum absolute atomic E-state index is 9.02. The molecule has 1 aromatic rings. The van der Waals surface area contributed by atoms with Crippen LogP contribution in [0.25, 0.3) is 0 Å². The topological polar surface area (TPSA) is 35.8 Å². The molecule has 1 saturated heterocycles. The number of benzene rings is 1. The highest BCUT2D eigenvalue weighted by Gasteiger charge is 2.14. The Labute approximate surface area is 105 Å². The van der Waals surface area contributed by atoms with E-state index in [1.54, 1.807) is 6.07 Å². The Hall–Kier alpha value is -0.850. The first kappa shape index (κ1) is 11.6. The molecule has 2 rings (SSSR count). The number of anilines is 1. The van der Waals surface area contributed by atoms with Gasteiger partial charge < -0.3 is 5.32 Å². The van der Waals surface area contributed by atoms with Crippen LogP contribution in [0.15, 0.2) is 18.2 Å².